The standard InChI is InChI=1S/C49H69NO/c1-8-9-10-11-12-13-14-15-16-17-18-19-20-21-22-23-36-51-47-45(40-24-28-43(29-25-40)48(2,3)4)37-42(39-32-34-50-35-33-39)38-46(47)41-26-30-44(31-27-41)49(5,6)7/h24-35,37-38H,8-23,36H2,1-7H3. The Kier molecular flexibility index (Phi) is 16.3. The van der Waals surface area contributed by atoms with Crippen LogP contribution in [0, 0.1) is 0 Å². The van der Waals surface area contributed by atoms with Crippen LogP contribution in [0.25, 0.3) is 33.4 Å². The van der Waals surface area contributed by atoms with Gasteiger partial charge in [-0.25, -0.2) is 0 Å². The van der Waals surface area contributed by atoms with E-state index in [-0.39, 0.29) is 10.8 Å². The fourth-order valence-electron chi connectivity index (χ4n) is 7.05. The topological polar surface area (TPSA) is 22.1 Å². The van der Waals surface area contributed by atoms with Crippen LogP contribution in [0.2, 0.25) is 0 Å². The van der Waals surface area contributed by atoms with E-state index in [1.807, 2.05) is 12.4 Å². The molecule has 4 rings (SSSR count). The summed E-state index contributed by atoms with van der Waals surface area (Å²) in [4.78, 5) is 4.30. The summed E-state index contributed by atoms with van der Waals surface area (Å²) in [5, 5.41) is 0. The second-order valence-corrected chi connectivity index (χ2v) is 16.9. The fraction of sp³-hybridized carbons (Fsp3) is 0.531. The zero-order valence-electron chi connectivity index (χ0n) is 33.5. The molecule has 0 aliphatic heterocycles. The third-order valence-electron chi connectivity index (χ3n) is 10.5. The molecule has 0 atom stereocenters. The van der Waals surface area contributed by atoms with Crippen molar-refractivity contribution in [1.82, 2.24) is 4.98 Å². The van der Waals surface area contributed by atoms with Crippen LogP contribution in [-0.2, 0) is 10.8 Å². The Morgan fingerprint density at radius 1 is 0.431 bits per heavy atom. The number of rotatable bonds is 21. The second kappa shape index (κ2) is 20.6. The quantitative estimate of drug-likeness (QED) is 0.0814. The maximum Gasteiger partial charge on any atom is 0.134 e. The van der Waals surface area contributed by atoms with E-state index < -0.39 is 0 Å². The highest BCUT2D eigenvalue weighted by Crippen LogP contribution is 2.44. The van der Waals surface area contributed by atoms with Gasteiger partial charge in [0.25, 0.3) is 0 Å². The van der Waals surface area contributed by atoms with E-state index in [4.69, 9.17) is 4.74 Å². The predicted molar refractivity (Wildman–Crippen MR) is 223 cm³/mol. The maximum atomic E-state index is 6.87. The molecule has 4 aromatic rings. The summed E-state index contributed by atoms with van der Waals surface area (Å²) < 4.78 is 6.87. The summed E-state index contributed by atoms with van der Waals surface area (Å²) in [5.41, 5.74) is 9.89. The minimum Gasteiger partial charge on any atom is -0.492 e. The first kappa shape index (κ1) is 40.4. The largest absolute Gasteiger partial charge is 0.492 e. The molecular formula is C49H69NO. The Hall–Kier alpha value is -3.39. The van der Waals surface area contributed by atoms with Gasteiger partial charge in [-0.05, 0) is 74.9 Å². The summed E-state index contributed by atoms with van der Waals surface area (Å²) in [6.45, 7) is 16.7. The first-order valence-corrected chi connectivity index (χ1v) is 20.5. The van der Waals surface area contributed by atoms with Gasteiger partial charge in [0.1, 0.15) is 5.75 Å². The molecule has 2 nitrogen and oxygen atoms in total. The van der Waals surface area contributed by atoms with Crippen molar-refractivity contribution in [3.63, 3.8) is 0 Å². The molecule has 0 aliphatic rings. The normalized spacial score (nSPS) is 12.0. The van der Waals surface area contributed by atoms with Crippen LogP contribution in [0.15, 0.2) is 85.2 Å². The minimum atomic E-state index is 0.101. The first-order valence-electron chi connectivity index (χ1n) is 20.5. The molecule has 0 saturated heterocycles. The molecule has 3 aromatic carbocycles. The monoisotopic (exact) mass is 688 g/mol. The lowest BCUT2D eigenvalue weighted by Crippen LogP contribution is -2.10. The van der Waals surface area contributed by atoms with Gasteiger partial charge in [0.15, 0.2) is 0 Å². The van der Waals surface area contributed by atoms with Gasteiger partial charge in [0.05, 0.1) is 6.61 Å². The molecule has 0 saturated carbocycles. The van der Waals surface area contributed by atoms with E-state index in [0.29, 0.717) is 0 Å². The van der Waals surface area contributed by atoms with Gasteiger partial charge in [-0.2, -0.15) is 0 Å². The highest BCUT2D eigenvalue weighted by atomic mass is 16.5. The summed E-state index contributed by atoms with van der Waals surface area (Å²) in [7, 11) is 0. The third kappa shape index (κ3) is 13.3. The van der Waals surface area contributed by atoms with Crippen LogP contribution in [0.4, 0.5) is 0 Å². The summed E-state index contributed by atoms with van der Waals surface area (Å²) in [6.07, 6.45) is 25.7. The zero-order chi connectivity index (χ0) is 36.5. The highest BCUT2D eigenvalue weighted by Gasteiger charge is 2.20. The minimum absolute atomic E-state index is 0.101. The Bertz CT molecular complexity index is 1460. The summed E-state index contributed by atoms with van der Waals surface area (Å²) >= 11 is 0. The molecule has 51 heavy (non-hydrogen) atoms. The predicted octanol–water partition coefficient (Wildman–Crippen LogP) is 15.3. The van der Waals surface area contributed by atoms with Crippen LogP contribution < -0.4 is 4.74 Å². The first-order chi connectivity index (χ1) is 24.6. The Balaban J connectivity index is 1.43. The molecule has 0 N–H and O–H groups in total. The van der Waals surface area contributed by atoms with E-state index in [0.717, 1.165) is 35.5 Å². The number of pyridine rings is 1. The van der Waals surface area contributed by atoms with E-state index >= 15 is 0 Å². The molecule has 1 heterocycles. The van der Waals surface area contributed by atoms with Gasteiger partial charge < -0.3 is 4.74 Å². The lowest BCUT2D eigenvalue weighted by Gasteiger charge is -2.22. The summed E-state index contributed by atoms with van der Waals surface area (Å²) in [5.74, 6) is 0.987. The number of ether oxygens (including phenoxy) is 1. The van der Waals surface area contributed by atoms with Crippen molar-refractivity contribution >= 4 is 0 Å². The van der Waals surface area contributed by atoms with Crippen LogP contribution in [0.5, 0.6) is 5.75 Å². The van der Waals surface area contributed by atoms with Crippen molar-refractivity contribution in [2.45, 2.75) is 162 Å². The number of hydrogen-bond acceptors (Lipinski definition) is 2. The van der Waals surface area contributed by atoms with Gasteiger partial charge in [0.2, 0.25) is 0 Å². The smallest absolute Gasteiger partial charge is 0.134 e. The number of unbranched alkanes of at least 4 members (excludes halogenated alkanes) is 15. The molecule has 0 bridgehead atoms. The Morgan fingerprint density at radius 3 is 1.18 bits per heavy atom. The molecular weight excluding hydrogens is 619 g/mol. The molecule has 0 radical (unpaired) electrons. The lowest BCUT2D eigenvalue weighted by atomic mass is 9.84. The van der Waals surface area contributed by atoms with Crippen molar-refractivity contribution in [2.75, 3.05) is 6.61 Å². The maximum absolute atomic E-state index is 6.87. The number of benzene rings is 3. The summed E-state index contributed by atoms with van der Waals surface area (Å²) in [6, 6.07) is 27.1. The SMILES string of the molecule is CCCCCCCCCCCCCCCCCCOc1c(-c2ccc(C(C)(C)C)cc2)cc(-c2ccncc2)cc1-c1ccc(C(C)(C)C)cc1. The number of nitrogens with zero attached hydrogens (tertiary/aromatic N) is 1. The molecule has 0 fully saturated rings. The van der Waals surface area contributed by atoms with Crippen molar-refractivity contribution in [1.29, 1.82) is 0 Å². The van der Waals surface area contributed by atoms with Crippen molar-refractivity contribution in [3.8, 4) is 39.1 Å². The Morgan fingerprint density at radius 2 is 0.804 bits per heavy atom. The molecule has 2 heteroatoms. The fourth-order valence-corrected chi connectivity index (χ4v) is 7.05. The van der Waals surface area contributed by atoms with Gasteiger partial charge >= 0.3 is 0 Å². The van der Waals surface area contributed by atoms with Gasteiger partial charge in [-0.15, -0.1) is 0 Å². The van der Waals surface area contributed by atoms with Crippen molar-refractivity contribution < 1.29 is 4.74 Å². The van der Waals surface area contributed by atoms with Gasteiger partial charge in [0, 0.05) is 23.5 Å². The number of hydrogen-bond donors (Lipinski definition) is 0. The highest BCUT2D eigenvalue weighted by molar-refractivity contribution is 5.88. The Labute approximate surface area is 312 Å². The van der Waals surface area contributed by atoms with Crippen LogP contribution in [0.3, 0.4) is 0 Å². The average molecular weight is 688 g/mol. The second-order valence-electron chi connectivity index (χ2n) is 16.9. The molecule has 0 spiro atoms. The van der Waals surface area contributed by atoms with E-state index in [9.17, 15) is 0 Å². The van der Waals surface area contributed by atoms with E-state index in [2.05, 4.69) is 126 Å². The zero-order valence-corrected chi connectivity index (χ0v) is 33.5. The molecule has 0 amide bonds. The lowest BCUT2D eigenvalue weighted by molar-refractivity contribution is 0.306. The molecule has 276 valence electrons. The van der Waals surface area contributed by atoms with E-state index in [1.165, 1.54) is 124 Å². The molecule has 1 aromatic heterocycles. The molecule has 0 unspecified atom stereocenters. The third-order valence-corrected chi connectivity index (χ3v) is 10.5. The molecule has 0 aliphatic carbocycles. The van der Waals surface area contributed by atoms with Crippen molar-refractivity contribution in [3.05, 3.63) is 96.3 Å². The van der Waals surface area contributed by atoms with Crippen LogP contribution in [-0.4, -0.2) is 11.6 Å². The van der Waals surface area contributed by atoms with Gasteiger partial charge in [-0.3, -0.25) is 4.98 Å². The van der Waals surface area contributed by atoms with Gasteiger partial charge in [-0.1, -0.05) is 193 Å². The van der Waals surface area contributed by atoms with Crippen molar-refractivity contribution in [2.24, 2.45) is 0 Å². The van der Waals surface area contributed by atoms with E-state index in [1.54, 1.807) is 0 Å². The van der Waals surface area contributed by atoms with Crippen LogP contribution >= 0.6 is 0 Å². The average Bonchev–Trinajstić information content (AvgIpc) is 3.12. The van der Waals surface area contributed by atoms with Crippen LogP contribution in [0.1, 0.15) is 162 Å². The number of aromatic nitrogens is 1.